The average molecular weight is 240 g/mol. The van der Waals surface area contributed by atoms with Gasteiger partial charge in [0.25, 0.3) is 0 Å². The number of anilines is 1. The van der Waals surface area contributed by atoms with E-state index >= 15 is 0 Å². The lowest BCUT2D eigenvalue weighted by Crippen LogP contribution is -1.89. The van der Waals surface area contributed by atoms with Crippen molar-refractivity contribution in [2.45, 2.75) is 4.90 Å². The maximum Gasteiger partial charge on any atom is 0.126 e. The Morgan fingerprint density at radius 1 is 1.40 bits per heavy atom. The summed E-state index contributed by atoms with van der Waals surface area (Å²) in [6.45, 7) is 0. The molecule has 0 aliphatic carbocycles. The van der Waals surface area contributed by atoms with Crippen LogP contribution in [0.1, 0.15) is 0 Å². The molecule has 0 saturated heterocycles. The van der Waals surface area contributed by atoms with Gasteiger partial charge in [0.2, 0.25) is 0 Å². The van der Waals surface area contributed by atoms with E-state index in [0.29, 0.717) is 10.8 Å². The summed E-state index contributed by atoms with van der Waals surface area (Å²) in [5.41, 5.74) is 7.68. The van der Waals surface area contributed by atoms with Gasteiger partial charge in [-0.15, -0.1) is 11.8 Å². The van der Waals surface area contributed by atoms with Crippen molar-refractivity contribution in [2.24, 2.45) is 0 Å². The van der Waals surface area contributed by atoms with E-state index < -0.39 is 0 Å². The molecule has 0 saturated carbocycles. The topological polar surface area (TPSA) is 54.7 Å². The van der Waals surface area contributed by atoms with Crippen LogP contribution in [0.4, 0.5) is 5.82 Å². The Kier molecular flexibility index (Phi) is 2.88. The highest BCUT2D eigenvalue weighted by atomic mass is 35.5. The van der Waals surface area contributed by atoms with Crippen molar-refractivity contribution in [3.8, 4) is 11.1 Å². The van der Waals surface area contributed by atoms with Gasteiger partial charge in [0, 0.05) is 21.0 Å². The highest BCUT2D eigenvalue weighted by Gasteiger charge is 2.09. The number of halogens is 1. The summed E-state index contributed by atoms with van der Waals surface area (Å²) < 4.78 is 0. The van der Waals surface area contributed by atoms with Gasteiger partial charge in [-0.1, -0.05) is 11.6 Å². The molecule has 0 aliphatic rings. The van der Waals surface area contributed by atoms with E-state index in [1.54, 1.807) is 18.0 Å². The Balaban J connectivity index is 2.60. The molecule has 0 aliphatic heterocycles. The number of nitrogens with zero attached hydrogens (tertiary/aromatic N) is 1. The maximum atomic E-state index is 5.96. The minimum absolute atomic E-state index is 0.563. The van der Waals surface area contributed by atoms with Crippen LogP contribution in [-0.4, -0.2) is 16.5 Å². The second-order valence-corrected chi connectivity index (χ2v) is 4.33. The van der Waals surface area contributed by atoms with E-state index in [9.17, 15) is 0 Å². The first-order valence-electron chi connectivity index (χ1n) is 4.35. The number of hydrogen-bond acceptors (Lipinski definition) is 3. The molecular formula is C10H10ClN3S. The summed E-state index contributed by atoms with van der Waals surface area (Å²) in [6, 6.07) is 5.75. The second kappa shape index (κ2) is 4.16. The molecule has 0 radical (unpaired) electrons. The summed E-state index contributed by atoms with van der Waals surface area (Å²) in [4.78, 5) is 1.13. The van der Waals surface area contributed by atoms with Gasteiger partial charge in [-0.3, -0.25) is 5.10 Å². The largest absolute Gasteiger partial charge is 0.384 e. The SMILES string of the molecule is CSc1ccc(Cl)cc1-c1cn[nH]c1N. The molecule has 0 atom stereocenters. The predicted octanol–water partition coefficient (Wildman–Crippen LogP) is 3.03. The molecule has 0 bridgehead atoms. The number of thioether (sulfide) groups is 1. The predicted molar refractivity (Wildman–Crippen MR) is 65.2 cm³/mol. The highest BCUT2D eigenvalue weighted by molar-refractivity contribution is 7.98. The quantitative estimate of drug-likeness (QED) is 0.792. The van der Waals surface area contributed by atoms with Crippen molar-refractivity contribution < 1.29 is 0 Å². The number of aromatic nitrogens is 2. The summed E-state index contributed by atoms with van der Waals surface area (Å²) in [5, 5.41) is 7.31. The minimum Gasteiger partial charge on any atom is -0.384 e. The standard InChI is InChI=1S/C10H10ClN3S/c1-15-9-3-2-6(11)4-7(9)8-5-13-14-10(8)12/h2-5H,1H3,(H3,12,13,14). The van der Waals surface area contributed by atoms with Crippen molar-refractivity contribution in [3.63, 3.8) is 0 Å². The number of nitrogen functional groups attached to an aromatic ring is 1. The zero-order chi connectivity index (χ0) is 10.8. The third-order valence-electron chi connectivity index (χ3n) is 2.12. The van der Waals surface area contributed by atoms with Crippen LogP contribution in [0.3, 0.4) is 0 Å². The number of aromatic amines is 1. The molecule has 1 aromatic carbocycles. The summed E-state index contributed by atoms with van der Waals surface area (Å²) in [5.74, 6) is 0.563. The van der Waals surface area contributed by atoms with E-state index in [-0.39, 0.29) is 0 Å². The molecule has 3 nitrogen and oxygen atoms in total. The van der Waals surface area contributed by atoms with Crippen LogP contribution in [0, 0.1) is 0 Å². The van der Waals surface area contributed by atoms with Crippen LogP contribution in [-0.2, 0) is 0 Å². The number of benzene rings is 1. The maximum absolute atomic E-state index is 5.96. The fourth-order valence-electron chi connectivity index (χ4n) is 1.40. The molecule has 0 fully saturated rings. The van der Waals surface area contributed by atoms with Crippen LogP contribution in [0.5, 0.6) is 0 Å². The van der Waals surface area contributed by atoms with E-state index in [0.717, 1.165) is 16.0 Å². The Bertz CT molecular complexity index is 481. The van der Waals surface area contributed by atoms with Crippen molar-refractivity contribution in [3.05, 3.63) is 29.4 Å². The molecule has 0 unspecified atom stereocenters. The van der Waals surface area contributed by atoms with E-state index in [1.807, 2.05) is 24.5 Å². The second-order valence-electron chi connectivity index (χ2n) is 3.04. The molecule has 15 heavy (non-hydrogen) atoms. The zero-order valence-corrected chi connectivity index (χ0v) is 9.69. The van der Waals surface area contributed by atoms with Crippen LogP contribution in [0.25, 0.3) is 11.1 Å². The first-order chi connectivity index (χ1) is 7.22. The summed E-state index contributed by atoms with van der Waals surface area (Å²) >= 11 is 7.62. The minimum atomic E-state index is 0.563. The van der Waals surface area contributed by atoms with Crippen LogP contribution in [0.15, 0.2) is 29.3 Å². The number of H-pyrrole nitrogens is 1. The van der Waals surface area contributed by atoms with Crippen LogP contribution in [0.2, 0.25) is 5.02 Å². The lowest BCUT2D eigenvalue weighted by atomic mass is 10.1. The molecule has 5 heteroatoms. The van der Waals surface area contributed by atoms with E-state index in [2.05, 4.69) is 10.2 Å². The lowest BCUT2D eigenvalue weighted by Gasteiger charge is -2.06. The van der Waals surface area contributed by atoms with Gasteiger partial charge in [-0.2, -0.15) is 5.10 Å². The monoisotopic (exact) mass is 239 g/mol. The number of rotatable bonds is 2. The van der Waals surface area contributed by atoms with Crippen LogP contribution >= 0.6 is 23.4 Å². The Hall–Kier alpha value is -1.13. The molecule has 0 spiro atoms. The van der Waals surface area contributed by atoms with Crippen molar-refractivity contribution in [2.75, 3.05) is 12.0 Å². The molecule has 78 valence electrons. The third-order valence-corrected chi connectivity index (χ3v) is 3.15. The summed E-state index contributed by atoms with van der Waals surface area (Å²) in [6.07, 6.45) is 3.73. The van der Waals surface area contributed by atoms with Gasteiger partial charge in [0.1, 0.15) is 5.82 Å². The fourth-order valence-corrected chi connectivity index (χ4v) is 2.17. The summed E-state index contributed by atoms with van der Waals surface area (Å²) in [7, 11) is 0. The number of nitrogens with two attached hydrogens (primary N) is 1. The highest BCUT2D eigenvalue weighted by Crippen LogP contribution is 2.34. The Morgan fingerprint density at radius 3 is 2.80 bits per heavy atom. The van der Waals surface area contributed by atoms with Crippen molar-refractivity contribution in [1.82, 2.24) is 10.2 Å². The lowest BCUT2D eigenvalue weighted by molar-refractivity contribution is 1.10. The number of nitrogens with one attached hydrogen (secondary N) is 1. The van der Waals surface area contributed by atoms with Gasteiger partial charge < -0.3 is 5.73 Å². The normalized spacial score (nSPS) is 10.5. The number of hydrogen-bond donors (Lipinski definition) is 2. The van der Waals surface area contributed by atoms with E-state index in [1.165, 1.54) is 0 Å². The van der Waals surface area contributed by atoms with Crippen molar-refractivity contribution >= 4 is 29.2 Å². The van der Waals surface area contributed by atoms with Crippen LogP contribution < -0.4 is 5.73 Å². The molecule has 0 amide bonds. The first-order valence-corrected chi connectivity index (χ1v) is 5.95. The zero-order valence-electron chi connectivity index (χ0n) is 8.12. The van der Waals surface area contributed by atoms with Crippen molar-refractivity contribution in [1.29, 1.82) is 0 Å². The Morgan fingerprint density at radius 2 is 2.20 bits per heavy atom. The Labute approximate surface area is 97.0 Å². The van der Waals surface area contributed by atoms with Gasteiger partial charge in [0.05, 0.1) is 6.20 Å². The third kappa shape index (κ3) is 1.96. The van der Waals surface area contributed by atoms with Gasteiger partial charge in [0.15, 0.2) is 0 Å². The smallest absolute Gasteiger partial charge is 0.126 e. The molecule has 2 aromatic rings. The molecule has 3 N–H and O–H groups in total. The average Bonchev–Trinajstić information content (AvgIpc) is 2.64. The fraction of sp³-hybridized carbons (Fsp3) is 0.100. The van der Waals surface area contributed by atoms with Gasteiger partial charge in [-0.25, -0.2) is 0 Å². The van der Waals surface area contributed by atoms with Gasteiger partial charge in [-0.05, 0) is 24.5 Å². The van der Waals surface area contributed by atoms with Gasteiger partial charge >= 0.3 is 0 Å². The molecule has 2 rings (SSSR count). The molecule has 1 heterocycles. The molecular weight excluding hydrogens is 230 g/mol. The van der Waals surface area contributed by atoms with E-state index in [4.69, 9.17) is 17.3 Å². The molecule has 1 aromatic heterocycles. The first kappa shape index (κ1) is 10.4.